The van der Waals surface area contributed by atoms with E-state index in [4.69, 9.17) is 5.11 Å². The normalized spacial score (nSPS) is 11.7. The topological polar surface area (TPSA) is 100 Å². The molecule has 1 aromatic heterocycles. The fraction of sp³-hybridized carbons (Fsp3) is 0.179. The molecule has 0 spiro atoms. The molecular weight excluding hydrogens is 461 g/mol. The summed E-state index contributed by atoms with van der Waals surface area (Å²) in [4.78, 5) is 37.5. The van der Waals surface area contributed by atoms with Crippen molar-refractivity contribution >= 4 is 28.7 Å². The monoisotopic (exact) mass is 487 g/mol. The zero-order valence-electron chi connectivity index (χ0n) is 19.5. The summed E-state index contributed by atoms with van der Waals surface area (Å²) in [6, 6.07) is 23.5. The number of halogens is 1. The van der Waals surface area contributed by atoms with Crippen LogP contribution in [-0.2, 0) is 22.7 Å². The largest absolute Gasteiger partial charge is 0.481 e. The Morgan fingerprint density at radius 2 is 1.58 bits per heavy atom. The number of rotatable bonds is 10. The van der Waals surface area contributed by atoms with E-state index in [1.165, 1.54) is 12.1 Å². The van der Waals surface area contributed by atoms with E-state index in [9.17, 15) is 18.8 Å². The highest BCUT2D eigenvalue weighted by molar-refractivity contribution is 6.01. The number of amides is 2. The molecule has 36 heavy (non-hydrogen) atoms. The van der Waals surface area contributed by atoms with Gasteiger partial charge in [-0.2, -0.15) is 0 Å². The van der Waals surface area contributed by atoms with Crippen LogP contribution in [0.3, 0.4) is 0 Å². The number of hydrogen-bond donors (Lipinski definition) is 3. The second-order valence-electron chi connectivity index (χ2n) is 8.46. The maximum atomic E-state index is 13.4. The van der Waals surface area contributed by atoms with E-state index in [1.807, 2.05) is 54.6 Å². The molecule has 0 bridgehead atoms. The Balaban J connectivity index is 1.57. The van der Waals surface area contributed by atoms with Gasteiger partial charge in [0.15, 0.2) is 0 Å². The van der Waals surface area contributed by atoms with Crippen LogP contribution in [0.1, 0.15) is 34.5 Å². The minimum Gasteiger partial charge on any atom is -0.481 e. The Hall–Kier alpha value is -4.46. The van der Waals surface area contributed by atoms with Crippen molar-refractivity contribution in [1.82, 2.24) is 15.2 Å². The molecule has 1 atom stereocenters. The molecule has 4 rings (SSSR count). The summed E-state index contributed by atoms with van der Waals surface area (Å²) in [5, 5.41) is 15.5. The van der Waals surface area contributed by atoms with Gasteiger partial charge in [0, 0.05) is 30.4 Å². The highest BCUT2D eigenvalue weighted by Gasteiger charge is 2.24. The SMILES string of the molecule is O=C(O)CC[C@H](NC(=O)c1cc2ccccc2n1Cc1ccc(F)cc1)C(=O)NCc1ccccc1. The van der Waals surface area contributed by atoms with E-state index in [0.29, 0.717) is 12.2 Å². The number of aliphatic carboxylic acids is 1. The van der Waals surface area contributed by atoms with Crippen molar-refractivity contribution < 1.29 is 23.9 Å². The summed E-state index contributed by atoms with van der Waals surface area (Å²) < 4.78 is 15.2. The molecule has 0 unspecified atom stereocenters. The number of carbonyl (C=O) groups excluding carboxylic acids is 2. The van der Waals surface area contributed by atoms with Gasteiger partial charge in [0.1, 0.15) is 17.6 Å². The standard InChI is InChI=1S/C28H26FN3O4/c29-22-12-10-20(11-13-22)18-32-24-9-5-4-8-21(24)16-25(32)28(36)31-23(14-15-26(33)34)27(35)30-17-19-6-2-1-3-7-19/h1-13,16,23H,14-15,17-18H2,(H,30,35)(H,31,36)(H,33,34)/t23-/m0/s1. The van der Waals surface area contributed by atoms with Gasteiger partial charge in [0.05, 0.1) is 0 Å². The number of hydrogen-bond acceptors (Lipinski definition) is 3. The molecule has 0 radical (unpaired) electrons. The van der Waals surface area contributed by atoms with Gasteiger partial charge in [-0.05, 0) is 41.8 Å². The molecule has 0 fully saturated rings. The first-order chi connectivity index (χ1) is 17.4. The number of nitrogens with zero attached hydrogens (tertiary/aromatic N) is 1. The van der Waals surface area contributed by atoms with Gasteiger partial charge in [0.25, 0.3) is 5.91 Å². The van der Waals surface area contributed by atoms with Gasteiger partial charge >= 0.3 is 5.97 Å². The number of para-hydroxylation sites is 1. The number of aromatic nitrogens is 1. The van der Waals surface area contributed by atoms with E-state index in [1.54, 1.807) is 22.8 Å². The number of benzene rings is 3. The van der Waals surface area contributed by atoms with Gasteiger partial charge in [-0.25, -0.2) is 4.39 Å². The molecule has 1 heterocycles. The predicted octanol–water partition coefficient (Wildman–Crippen LogP) is 4.11. The Labute approximate surface area is 207 Å². The van der Waals surface area contributed by atoms with Crippen LogP contribution < -0.4 is 10.6 Å². The minimum absolute atomic E-state index is 0.0557. The summed E-state index contributed by atoms with van der Waals surface area (Å²) >= 11 is 0. The van der Waals surface area contributed by atoms with Gasteiger partial charge in [-0.15, -0.1) is 0 Å². The molecule has 4 aromatic rings. The maximum Gasteiger partial charge on any atom is 0.303 e. The molecule has 3 aromatic carbocycles. The van der Waals surface area contributed by atoms with Gasteiger partial charge in [0.2, 0.25) is 5.91 Å². The third kappa shape index (κ3) is 6.15. The Bertz CT molecular complexity index is 1370. The second-order valence-corrected chi connectivity index (χ2v) is 8.46. The summed E-state index contributed by atoms with van der Waals surface area (Å²) in [5.74, 6) is -2.37. The quantitative estimate of drug-likeness (QED) is 0.313. The number of carbonyl (C=O) groups is 3. The van der Waals surface area contributed by atoms with Gasteiger partial charge < -0.3 is 20.3 Å². The Kier molecular flexibility index (Phi) is 7.75. The summed E-state index contributed by atoms with van der Waals surface area (Å²) in [5.41, 5.74) is 2.81. The fourth-order valence-electron chi connectivity index (χ4n) is 4.02. The highest BCUT2D eigenvalue weighted by atomic mass is 19.1. The molecule has 2 amide bonds. The molecule has 0 aliphatic heterocycles. The second kappa shape index (κ2) is 11.3. The van der Waals surface area contributed by atoms with Crippen molar-refractivity contribution in [2.24, 2.45) is 0 Å². The number of carboxylic acid groups (broad SMARTS) is 1. The van der Waals surface area contributed by atoms with Gasteiger partial charge in [-0.1, -0.05) is 60.7 Å². The summed E-state index contributed by atoms with van der Waals surface area (Å²) in [6.45, 7) is 0.570. The lowest BCUT2D eigenvalue weighted by Crippen LogP contribution is -2.47. The summed E-state index contributed by atoms with van der Waals surface area (Å²) in [6.07, 6.45) is -0.331. The smallest absolute Gasteiger partial charge is 0.303 e. The number of nitrogens with one attached hydrogen (secondary N) is 2. The zero-order valence-corrected chi connectivity index (χ0v) is 19.5. The lowest BCUT2D eigenvalue weighted by molar-refractivity contribution is -0.137. The van der Waals surface area contributed by atoms with Crippen LogP contribution >= 0.6 is 0 Å². The average molecular weight is 488 g/mol. The van der Waals surface area contributed by atoms with Crippen LogP contribution in [0.15, 0.2) is 84.9 Å². The van der Waals surface area contributed by atoms with Crippen LogP contribution in [0.5, 0.6) is 0 Å². The van der Waals surface area contributed by atoms with Crippen LogP contribution in [0.25, 0.3) is 10.9 Å². The molecule has 8 heteroatoms. The van der Waals surface area contributed by atoms with Crippen LogP contribution in [0.4, 0.5) is 4.39 Å². The first kappa shape index (κ1) is 24.7. The lowest BCUT2D eigenvalue weighted by Gasteiger charge is -2.19. The third-order valence-electron chi connectivity index (χ3n) is 5.88. The van der Waals surface area contributed by atoms with E-state index in [0.717, 1.165) is 22.0 Å². The van der Waals surface area contributed by atoms with Crippen LogP contribution in [-0.4, -0.2) is 33.5 Å². The van der Waals surface area contributed by atoms with Crippen molar-refractivity contribution in [2.45, 2.75) is 32.0 Å². The Morgan fingerprint density at radius 3 is 2.31 bits per heavy atom. The Morgan fingerprint density at radius 1 is 0.889 bits per heavy atom. The van der Waals surface area contributed by atoms with E-state index >= 15 is 0 Å². The first-order valence-corrected chi connectivity index (χ1v) is 11.6. The van der Waals surface area contributed by atoms with Crippen LogP contribution in [0, 0.1) is 5.82 Å². The number of carboxylic acids is 1. The van der Waals surface area contributed by atoms with E-state index < -0.39 is 23.8 Å². The maximum absolute atomic E-state index is 13.4. The molecule has 0 aliphatic carbocycles. The molecule has 7 nitrogen and oxygen atoms in total. The van der Waals surface area contributed by atoms with E-state index in [2.05, 4.69) is 10.6 Å². The van der Waals surface area contributed by atoms with Crippen molar-refractivity contribution in [3.8, 4) is 0 Å². The first-order valence-electron chi connectivity index (χ1n) is 11.6. The minimum atomic E-state index is -1.06. The van der Waals surface area contributed by atoms with Crippen molar-refractivity contribution in [3.05, 3.63) is 108 Å². The number of fused-ring (bicyclic) bond motifs is 1. The van der Waals surface area contributed by atoms with Gasteiger partial charge in [-0.3, -0.25) is 14.4 Å². The predicted molar refractivity (Wildman–Crippen MR) is 134 cm³/mol. The molecule has 3 N–H and O–H groups in total. The molecular formula is C28H26FN3O4. The average Bonchev–Trinajstić information content (AvgIpc) is 3.25. The van der Waals surface area contributed by atoms with Crippen LogP contribution in [0.2, 0.25) is 0 Å². The van der Waals surface area contributed by atoms with Crippen molar-refractivity contribution in [1.29, 1.82) is 0 Å². The third-order valence-corrected chi connectivity index (χ3v) is 5.88. The molecule has 0 saturated heterocycles. The zero-order chi connectivity index (χ0) is 25.5. The summed E-state index contributed by atoms with van der Waals surface area (Å²) in [7, 11) is 0. The highest BCUT2D eigenvalue weighted by Crippen LogP contribution is 2.22. The molecule has 0 aliphatic rings. The molecule has 184 valence electrons. The van der Waals surface area contributed by atoms with E-state index in [-0.39, 0.29) is 25.2 Å². The lowest BCUT2D eigenvalue weighted by atomic mass is 10.1. The van der Waals surface area contributed by atoms with Crippen molar-refractivity contribution in [3.63, 3.8) is 0 Å². The fourth-order valence-corrected chi connectivity index (χ4v) is 4.02. The molecule has 0 saturated carbocycles. The van der Waals surface area contributed by atoms with Crippen molar-refractivity contribution in [2.75, 3.05) is 0 Å².